The van der Waals surface area contributed by atoms with Gasteiger partial charge < -0.3 is 0 Å². The minimum Gasteiger partial charge on any atom is -0.222 e. The molecule has 0 unspecified atom stereocenters. The quantitative estimate of drug-likeness (QED) is 0.556. The van der Waals surface area contributed by atoms with Crippen molar-refractivity contribution in [1.82, 2.24) is 9.97 Å². The van der Waals surface area contributed by atoms with E-state index in [0.717, 1.165) is 17.8 Å². The molecule has 106 valence electrons. The van der Waals surface area contributed by atoms with Gasteiger partial charge in [-0.25, -0.2) is 9.97 Å². The number of nitrogens with zero attached hydrogens (tertiary/aromatic N) is 2. The fraction of sp³-hybridized carbons (Fsp3) is 0.167. The van der Waals surface area contributed by atoms with E-state index < -0.39 is 11.9 Å². The lowest BCUT2D eigenvalue weighted by Crippen LogP contribution is -2.10. The lowest BCUT2D eigenvalue weighted by atomic mass is 10.1. The Labute approximate surface area is 127 Å². The van der Waals surface area contributed by atoms with Crippen molar-refractivity contribution < 1.29 is 13.2 Å². The summed E-state index contributed by atoms with van der Waals surface area (Å²) in [5, 5.41) is 0.619. The zero-order valence-corrected chi connectivity index (χ0v) is 12.3. The van der Waals surface area contributed by atoms with Crippen molar-refractivity contribution in [1.29, 1.82) is 0 Å². The van der Waals surface area contributed by atoms with Crippen molar-refractivity contribution in [2.24, 2.45) is 0 Å². The van der Waals surface area contributed by atoms with Crippen LogP contribution in [-0.4, -0.2) is 16.2 Å². The Bertz CT molecular complexity index is 647. The molecule has 0 atom stereocenters. The summed E-state index contributed by atoms with van der Waals surface area (Å²) in [7, 11) is 0. The number of hydrogen-bond acceptors (Lipinski definition) is 3. The Morgan fingerprint density at radius 1 is 1.05 bits per heavy atom. The van der Waals surface area contributed by atoms with Crippen LogP contribution in [0.2, 0.25) is 10.0 Å². The summed E-state index contributed by atoms with van der Waals surface area (Å²) in [6.07, 6.45) is -2.92. The average molecular weight is 339 g/mol. The van der Waals surface area contributed by atoms with E-state index in [1.165, 1.54) is 12.1 Å². The maximum atomic E-state index is 12.8. The molecule has 0 amide bonds. The molecule has 0 saturated heterocycles. The number of rotatable bonds is 2. The fourth-order valence-corrected chi connectivity index (χ4v) is 2.14. The van der Waals surface area contributed by atoms with Crippen LogP contribution in [-0.2, 0) is 6.18 Å². The molecular formula is C12H7Cl2F3N2S. The van der Waals surface area contributed by atoms with Crippen molar-refractivity contribution >= 4 is 35.0 Å². The fourth-order valence-electron chi connectivity index (χ4n) is 1.46. The SMILES string of the molecule is CSc1nc(-c2ccc(Cl)c(Cl)c2)cc(C(F)(F)F)n1. The number of thioether (sulfide) groups is 1. The molecule has 0 aliphatic carbocycles. The van der Waals surface area contributed by atoms with Gasteiger partial charge in [0.05, 0.1) is 15.7 Å². The highest BCUT2D eigenvalue weighted by molar-refractivity contribution is 7.98. The predicted molar refractivity (Wildman–Crippen MR) is 74.3 cm³/mol. The molecule has 0 bridgehead atoms. The van der Waals surface area contributed by atoms with Gasteiger partial charge in [0.25, 0.3) is 0 Å². The predicted octanol–water partition coefficient (Wildman–Crippen LogP) is 5.19. The Kier molecular flexibility index (Phi) is 4.46. The molecule has 0 saturated carbocycles. The second kappa shape index (κ2) is 5.79. The van der Waals surface area contributed by atoms with E-state index in [1.807, 2.05) is 0 Å². The molecule has 2 aromatic rings. The molecule has 0 fully saturated rings. The van der Waals surface area contributed by atoms with E-state index >= 15 is 0 Å². The van der Waals surface area contributed by atoms with Crippen molar-refractivity contribution in [3.05, 3.63) is 40.0 Å². The van der Waals surface area contributed by atoms with Crippen LogP contribution in [0, 0.1) is 0 Å². The standard InChI is InChI=1S/C12H7Cl2F3N2S/c1-20-11-18-9(5-10(19-11)12(15,16)17)6-2-3-7(13)8(14)4-6/h2-5H,1H3. The third-order valence-electron chi connectivity index (χ3n) is 2.39. The van der Waals surface area contributed by atoms with Gasteiger partial charge in [0.2, 0.25) is 0 Å². The summed E-state index contributed by atoms with van der Waals surface area (Å²) in [5.41, 5.74) is -0.393. The maximum absolute atomic E-state index is 12.8. The molecule has 0 aliphatic rings. The van der Waals surface area contributed by atoms with Gasteiger partial charge in [-0.2, -0.15) is 13.2 Å². The Morgan fingerprint density at radius 3 is 2.30 bits per heavy atom. The first-order valence-corrected chi connectivity index (χ1v) is 7.25. The van der Waals surface area contributed by atoms with E-state index in [0.29, 0.717) is 10.6 Å². The maximum Gasteiger partial charge on any atom is 0.433 e. The number of halogens is 5. The summed E-state index contributed by atoms with van der Waals surface area (Å²) >= 11 is 12.7. The van der Waals surface area contributed by atoms with Crippen LogP contribution in [0.4, 0.5) is 13.2 Å². The van der Waals surface area contributed by atoms with E-state index in [1.54, 1.807) is 12.3 Å². The summed E-state index contributed by atoms with van der Waals surface area (Å²) in [4.78, 5) is 7.51. The van der Waals surface area contributed by atoms with E-state index in [9.17, 15) is 13.2 Å². The highest BCUT2D eigenvalue weighted by Crippen LogP contribution is 2.33. The molecule has 0 N–H and O–H groups in total. The van der Waals surface area contributed by atoms with Gasteiger partial charge in [0.15, 0.2) is 5.16 Å². The molecular weight excluding hydrogens is 332 g/mol. The Morgan fingerprint density at radius 2 is 1.75 bits per heavy atom. The molecule has 1 heterocycles. The van der Waals surface area contributed by atoms with Crippen molar-refractivity contribution in [2.45, 2.75) is 11.3 Å². The zero-order chi connectivity index (χ0) is 14.9. The highest BCUT2D eigenvalue weighted by Gasteiger charge is 2.33. The van der Waals surface area contributed by atoms with E-state index in [2.05, 4.69) is 9.97 Å². The van der Waals surface area contributed by atoms with Crippen molar-refractivity contribution in [3.8, 4) is 11.3 Å². The molecule has 2 nitrogen and oxygen atoms in total. The van der Waals surface area contributed by atoms with Crippen LogP contribution in [0.3, 0.4) is 0 Å². The molecule has 0 aliphatic heterocycles. The first-order valence-electron chi connectivity index (χ1n) is 5.27. The van der Waals surface area contributed by atoms with Crippen molar-refractivity contribution in [3.63, 3.8) is 0 Å². The smallest absolute Gasteiger partial charge is 0.222 e. The van der Waals surface area contributed by atoms with Gasteiger partial charge in [0.1, 0.15) is 5.69 Å². The third-order valence-corrected chi connectivity index (χ3v) is 3.68. The van der Waals surface area contributed by atoms with Crippen LogP contribution in [0.25, 0.3) is 11.3 Å². The van der Waals surface area contributed by atoms with E-state index in [-0.39, 0.29) is 15.9 Å². The topological polar surface area (TPSA) is 25.8 Å². The van der Waals surface area contributed by atoms with Crippen LogP contribution in [0.5, 0.6) is 0 Å². The molecule has 0 spiro atoms. The molecule has 2 rings (SSSR count). The molecule has 8 heteroatoms. The Balaban J connectivity index is 2.58. The molecule has 20 heavy (non-hydrogen) atoms. The van der Waals surface area contributed by atoms with Crippen molar-refractivity contribution in [2.75, 3.05) is 6.26 Å². The molecule has 1 aromatic carbocycles. The van der Waals surface area contributed by atoms with Gasteiger partial charge in [-0.3, -0.25) is 0 Å². The molecule has 1 aromatic heterocycles. The van der Waals surface area contributed by atoms with Gasteiger partial charge in [-0.05, 0) is 24.5 Å². The summed E-state index contributed by atoms with van der Waals surface area (Å²) in [5.74, 6) is 0. The van der Waals surface area contributed by atoms with Gasteiger partial charge in [-0.15, -0.1) is 0 Å². The first kappa shape index (κ1) is 15.4. The zero-order valence-electron chi connectivity index (χ0n) is 10.0. The first-order chi connectivity index (χ1) is 9.31. The number of benzene rings is 1. The van der Waals surface area contributed by atoms with Gasteiger partial charge in [-0.1, -0.05) is 41.0 Å². The van der Waals surface area contributed by atoms with Crippen LogP contribution < -0.4 is 0 Å². The summed E-state index contributed by atoms with van der Waals surface area (Å²) in [6.45, 7) is 0. The number of hydrogen-bond donors (Lipinski definition) is 0. The Hall–Kier alpha value is -0.980. The lowest BCUT2D eigenvalue weighted by Gasteiger charge is -2.10. The largest absolute Gasteiger partial charge is 0.433 e. The second-order valence-corrected chi connectivity index (χ2v) is 5.34. The third kappa shape index (κ3) is 3.37. The second-order valence-electron chi connectivity index (χ2n) is 3.75. The lowest BCUT2D eigenvalue weighted by molar-refractivity contribution is -0.141. The van der Waals surface area contributed by atoms with Gasteiger partial charge in [0, 0.05) is 5.56 Å². The minimum absolute atomic E-state index is 0.0425. The summed E-state index contributed by atoms with van der Waals surface area (Å²) in [6, 6.07) is 5.42. The normalized spacial score (nSPS) is 11.7. The highest BCUT2D eigenvalue weighted by atomic mass is 35.5. The summed E-state index contributed by atoms with van der Waals surface area (Å²) < 4.78 is 38.4. The van der Waals surface area contributed by atoms with Crippen LogP contribution in [0.1, 0.15) is 5.69 Å². The average Bonchev–Trinajstić information content (AvgIpc) is 2.40. The number of aromatic nitrogens is 2. The molecule has 0 radical (unpaired) electrons. The van der Waals surface area contributed by atoms with Crippen LogP contribution in [0.15, 0.2) is 29.4 Å². The van der Waals surface area contributed by atoms with E-state index in [4.69, 9.17) is 23.2 Å². The minimum atomic E-state index is -4.53. The monoisotopic (exact) mass is 338 g/mol. The van der Waals surface area contributed by atoms with Gasteiger partial charge >= 0.3 is 6.18 Å². The van der Waals surface area contributed by atoms with Crippen LogP contribution >= 0.6 is 35.0 Å². The number of alkyl halides is 3.